The van der Waals surface area contributed by atoms with E-state index in [0.717, 1.165) is 35.2 Å². The molecule has 5 nitrogen and oxygen atoms in total. The third kappa shape index (κ3) is 5.83. The lowest BCUT2D eigenvalue weighted by molar-refractivity contribution is -0.116. The number of amides is 1. The maximum Gasteiger partial charge on any atom is 0.232 e. The van der Waals surface area contributed by atoms with E-state index in [1.165, 1.54) is 10.6 Å². The van der Waals surface area contributed by atoms with Gasteiger partial charge in [-0.25, -0.2) is 8.42 Å². The summed E-state index contributed by atoms with van der Waals surface area (Å²) in [5, 5.41) is 3.04. The fraction of sp³-hybridized carbons (Fsp3) is 0.409. The van der Waals surface area contributed by atoms with E-state index in [0.29, 0.717) is 12.1 Å². The molecule has 0 bridgehead atoms. The van der Waals surface area contributed by atoms with Gasteiger partial charge in [0.15, 0.2) is 0 Å². The Morgan fingerprint density at radius 2 is 1.64 bits per heavy atom. The molecule has 2 aromatic rings. The molecule has 6 heteroatoms. The molecule has 0 aliphatic carbocycles. The zero-order chi connectivity index (χ0) is 20.7. The molecular formula is C22H30N2O3S. The summed E-state index contributed by atoms with van der Waals surface area (Å²) in [6, 6.07) is 13.4. The highest BCUT2D eigenvalue weighted by molar-refractivity contribution is 7.92. The molecule has 0 aromatic heterocycles. The largest absolute Gasteiger partial charge is 0.326 e. The van der Waals surface area contributed by atoms with Crippen LogP contribution in [0, 0.1) is 6.92 Å². The maximum atomic E-state index is 12.5. The molecule has 1 N–H and O–H groups in total. The van der Waals surface area contributed by atoms with Crippen molar-refractivity contribution in [2.75, 3.05) is 22.4 Å². The van der Waals surface area contributed by atoms with Crippen molar-refractivity contribution >= 4 is 27.3 Å². The van der Waals surface area contributed by atoms with Crippen LogP contribution in [0.1, 0.15) is 43.4 Å². The summed E-state index contributed by atoms with van der Waals surface area (Å²) in [5.74, 6) is -0.0895. The van der Waals surface area contributed by atoms with Gasteiger partial charge in [0.2, 0.25) is 15.9 Å². The Labute approximate surface area is 168 Å². The van der Waals surface area contributed by atoms with E-state index in [1.54, 1.807) is 6.07 Å². The standard InChI is InChI=1S/C22H30N2O3S/c1-5-18-11-8-12-19(6-2)22(18)23-21(25)14-9-15-24(28(4,26)27)20-13-7-10-17(3)16-20/h7-8,10-13,16H,5-6,9,14-15H2,1-4H3,(H,23,25). The molecule has 0 saturated heterocycles. The van der Waals surface area contributed by atoms with E-state index in [4.69, 9.17) is 0 Å². The molecule has 0 aliphatic rings. The van der Waals surface area contributed by atoms with Gasteiger partial charge in [0.05, 0.1) is 11.9 Å². The highest BCUT2D eigenvalue weighted by Crippen LogP contribution is 2.23. The minimum Gasteiger partial charge on any atom is -0.326 e. The van der Waals surface area contributed by atoms with Gasteiger partial charge in [-0.1, -0.05) is 44.2 Å². The summed E-state index contributed by atoms with van der Waals surface area (Å²) in [4.78, 5) is 12.5. The summed E-state index contributed by atoms with van der Waals surface area (Å²) < 4.78 is 25.8. The minimum absolute atomic E-state index is 0.0895. The van der Waals surface area contributed by atoms with Crippen LogP contribution in [-0.2, 0) is 27.7 Å². The van der Waals surface area contributed by atoms with Crippen LogP contribution < -0.4 is 9.62 Å². The van der Waals surface area contributed by atoms with Crippen LogP contribution in [0.2, 0.25) is 0 Å². The molecule has 2 aromatic carbocycles. The lowest BCUT2D eigenvalue weighted by Crippen LogP contribution is -2.31. The van der Waals surface area contributed by atoms with Crippen molar-refractivity contribution in [3.8, 4) is 0 Å². The van der Waals surface area contributed by atoms with Crippen LogP contribution >= 0.6 is 0 Å². The van der Waals surface area contributed by atoms with E-state index in [-0.39, 0.29) is 18.9 Å². The molecule has 0 atom stereocenters. The molecule has 1 amide bonds. The minimum atomic E-state index is -3.41. The average molecular weight is 403 g/mol. The van der Waals surface area contributed by atoms with E-state index in [1.807, 2.05) is 43.3 Å². The topological polar surface area (TPSA) is 66.5 Å². The van der Waals surface area contributed by atoms with Gasteiger partial charge in [-0.15, -0.1) is 0 Å². The van der Waals surface area contributed by atoms with Gasteiger partial charge >= 0.3 is 0 Å². The number of rotatable bonds is 9. The van der Waals surface area contributed by atoms with Gasteiger partial charge in [-0.2, -0.15) is 0 Å². The van der Waals surface area contributed by atoms with E-state index >= 15 is 0 Å². The molecule has 0 heterocycles. The third-order valence-electron chi connectivity index (χ3n) is 4.72. The Bertz CT molecular complexity index is 901. The second-order valence-corrected chi connectivity index (χ2v) is 8.89. The number of hydrogen-bond donors (Lipinski definition) is 1. The normalized spacial score (nSPS) is 11.3. The van der Waals surface area contributed by atoms with E-state index in [9.17, 15) is 13.2 Å². The highest BCUT2D eigenvalue weighted by atomic mass is 32.2. The number of nitrogens with one attached hydrogen (secondary N) is 1. The maximum absolute atomic E-state index is 12.5. The first kappa shape index (κ1) is 22.0. The molecule has 28 heavy (non-hydrogen) atoms. The third-order valence-corrected chi connectivity index (χ3v) is 5.91. The number of carbonyl (C=O) groups excluding carboxylic acids is 1. The van der Waals surface area contributed by atoms with E-state index in [2.05, 4.69) is 19.2 Å². The zero-order valence-corrected chi connectivity index (χ0v) is 18.0. The fourth-order valence-corrected chi connectivity index (χ4v) is 4.22. The number of benzene rings is 2. The summed E-state index contributed by atoms with van der Waals surface area (Å²) in [6.45, 7) is 6.33. The van der Waals surface area contributed by atoms with Gasteiger partial charge in [0, 0.05) is 18.7 Å². The predicted molar refractivity (Wildman–Crippen MR) is 116 cm³/mol. The Morgan fingerprint density at radius 1 is 1.04 bits per heavy atom. The number of nitrogens with zero attached hydrogens (tertiary/aromatic N) is 1. The number of anilines is 2. The van der Waals surface area contributed by atoms with Crippen molar-refractivity contribution in [3.63, 3.8) is 0 Å². The number of para-hydroxylation sites is 1. The van der Waals surface area contributed by atoms with Crippen molar-refractivity contribution in [2.45, 2.75) is 46.5 Å². The SMILES string of the molecule is CCc1cccc(CC)c1NC(=O)CCCN(c1cccc(C)c1)S(C)(=O)=O. The van der Waals surface area contributed by atoms with Crippen molar-refractivity contribution in [1.82, 2.24) is 0 Å². The predicted octanol–water partition coefficient (Wildman–Crippen LogP) is 4.30. The Kier molecular flexibility index (Phi) is 7.63. The van der Waals surface area contributed by atoms with Crippen LogP contribution in [0.4, 0.5) is 11.4 Å². The summed E-state index contributed by atoms with van der Waals surface area (Å²) in [6.07, 6.45) is 3.60. The molecule has 0 radical (unpaired) electrons. The van der Waals surface area contributed by atoms with Crippen molar-refractivity contribution < 1.29 is 13.2 Å². The van der Waals surface area contributed by atoms with Gasteiger partial charge in [-0.05, 0) is 55.0 Å². The molecule has 0 saturated carbocycles. The van der Waals surface area contributed by atoms with Crippen LogP contribution in [0.5, 0.6) is 0 Å². The van der Waals surface area contributed by atoms with Crippen LogP contribution in [-0.4, -0.2) is 27.1 Å². The molecule has 0 fully saturated rings. The first-order chi connectivity index (χ1) is 13.3. The van der Waals surface area contributed by atoms with Crippen LogP contribution in [0.15, 0.2) is 42.5 Å². The van der Waals surface area contributed by atoms with Gasteiger partial charge in [-0.3, -0.25) is 9.10 Å². The second-order valence-electron chi connectivity index (χ2n) is 6.98. The zero-order valence-electron chi connectivity index (χ0n) is 17.2. The quantitative estimate of drug-likeness (QED) is 0.680. The first-order valence-electron chi connectivity index (χ1n) is 9.71. The van der Waals surface area contributed by atoms with Gasteiger partial charge < -0.3 is 5.32 Å². The van der Waals surface area contributed by atoms with Gasteiger partial charge in [0.25, 0.3) is 0 Å². The lowest BCUT2D eigenvalue weighted by Gasteiger charge is -2.23. The summed E-state index contributed by atoms with van der Waals surface area (Å²) in [7, 11) is -3.41. The highest BCUT2D eigenvalue weighted by Gasteiger charge is 2.18. The number of aryl methyl sites for hydroxylation is 3. The number of hydrogen-bond acceptors (Lipinski definition) is 3. The van der Waals surface area contributed by atoms with Crippen LogP contribution in [0.3, 0.4) is 0 Å². The summed E-state index contributed by atoms with van der Waals surface area (Å²) >= 11 is 0. The van der Waals surface area contributed by atoms with E-state index < -0.39 is 10.0 Å². The van der Waals surface area contributed by atoms with Gasteiger partial charge in [0.1, 0.15) is 0 Å². The fourth-order valence-electron chi connectivity index (χ4n) is 3.26. The Balaban J connectivity index is 2.04. The number of sulfonamides is 1. The van der Waals surface area contributed by atoms with Crippen molar-refractivity contribution in [2.24, 2.45) is 0 Å². The van der Waals surface area contributed by atoms with Crippen LogP contribution in [0.25, 0.3) is 0 Å². The molecule has 2 rings (SSSR count). The molecular weight excluding hydrogens is 372 g/mol. The Hall–Kier alpha value is -2.34. The smallest absolute Gasteiger partial charge is 0.232 e. The average Bonchev–Trinajstić information content (AvgIpc) is 2.64. The molecule has 0 aliphatic heterocycles. The molecule has 152 valence electrons. The summed E-state index contributed by atoms with van der Waals surface area (Å²) in [5.41, 5.74) is 4.76. The molecule has 0 spiro atoms. The molecule has 0 unspecified atom stereocenters. The number of carbonyl (C=O) groups is 1. The lowest BCUT2D eigenvalue weighted by atomic mass is 10.0. The van der Waals surface area contributed by atoms with Crippen molar-refractivity contribution in [1.29, 1.82) is 0 Å². The monoisotopic (exact) mass is 402 g/mol. The van der Waals surface area contributed by atoms with Crippen molar-refractivity contribution in [3.05, 3.63) is 59.2 Å². The Morgan fingerprint density at radius 3 is 2.18 bits per heavy atom. The second kappa shape index (κ2) is 9.73. The first-order valence-corrected chi connectivity index (χ1v) is 11.6.